The fourth-order valence-corrected chi connectivity index (χ4v) is 5.10. The minimum absolute atomic E-state index is 0.0784. The third-order valence-corrected chi connectivity index (χ3v) is 6.78. The summed E-state index contributed by atoms with van der Waals surface area (Å²) in [5.41, 5.74) is -0.297. The Labute approximate surface area is 170 Å². The second-order valence-corrected chi connectivity index (χ2v) is 9.94. The highest BCUT2D eigenvalue weighted by Crippen LogP contribution is 2.34. The largest absolute Gasteiger partial charge is 0.379 e. The van der Waals surface area contributed by atoms with Gasteiger partial charge in [-0.2, -0.15) is 0 Å². The monoisotopic (exact) mass is 393 g/mol. The van der Waals surface area contributed by atoms with Gasteiger partial charge in [0, 0.05) is 43.7 Å². The summed E-state index contributed by atoms with van der Waals surface area (Å²) in [6, 6.07) is 0. The van der Waals surface area contributed by atoms with Crippen LogP contribution < -0.4 is 5.32 Å². The topological polar surface area (TPSA) is 61.9 Å². The molecule has 2 heterocycles. The fraction of sp³-hybridized carbons (Fsp3) is 0.909. The second-order valence-electron chi connectivity index (χ2n) is 9.94. The van der Waals surface area contributed by atoms with Gasteiger partial charge in [0.2, 0.25) is 11.8 Å². The lowest BCUT2D eigenvalue weighted by atomic mass is 9.79. The summed E-state index contributed by atoms with van der Waals surface area (Å²) in [7, 11) is 0. The molecule has 1 saturated carbocycles. The Morgan fingerprint density at radius 2 is 1.71 bits per heavy atom. The molecule has 2 aliphatic heterocycles. The van der Waals surface area contributed by atoms with E-state index in [1.54, 1.807) is 0 Å². The Kier molecular flexibility index (Phi) is 7.02. The van der Waals surface area contributed by atoms with Gasteiger partial charge in [-0.25, -0.2) is 0 Å². The van der Waals surface area contributed by atoms with E-state index in [1.165, 1.54) is 19.3 Å². The number of carbonyl (C=O) groups excluding carboxylic acids is 2. The molecule has 3 fully saturated rings. The molecule has 6 nitrogen and oxygen atoms in total. The van der Waals surface area contributed by atoms with Crippen LogP contribution in [0.5, 0.6) is 0 Å². The van der Waals surface area contributed by atoms with Crippen LogP contribution in [0, 0.1) is 11.3 Å². The standard InChI is InChI=1S/C22H39N3O3/c1-21(2,3)20(27)24-11-7-8-18(16-24)19(26)23-17-22(9-5-4-6-10-22)25-12-14-28-15-13-25/h18H,4-17H2,1-3H3,(H,23,26). The van der Waals surface area contributed by atoms with Crippen LogP contribution in [0.1, 0.15) is 65.7 Å². The van der Waals surface area contributed by atoms with E-state index in [-0.39, 0.29) is 28.7 Å². The lowest BCUT2D eigenvalue weighted by molar-refractivity contribution is -0.143. The number of likely N-dealkylation sites (tertiary alicyclic amines) is 1. The van der Waals surface area contributed by atoms with Gasteiger partial charge in [-0.05, 0) is 25.7 Å². The van der Waals surface area contributed by atoms with Gasteiger partial charge in [0.1, 0.15) is 0 Å². The van der Waals surface area contributed by atoms with Crippen molar-refractivity contribution < 1.29 is 14.3 Å². The first-order chi connectivity index (χ1) is 13.3. The van der Waals surface area contributed by atoms with E-state index in [0.717, 1.165) is 65.1 Å². The first-order valence-corrected chi connectivity index (χ1v) is 11.2. The Morgan fingerprint density at radius 3 is 2.36 bits per heavy atom. The molecule has 1 unspecified atom stereocenters. The summed E-state index contributed by atoms with van der Waals surface area (Å²) in [5.74, 6) is 0.206. The number of nitrogens with one attached hydrogen (secondary N) is 1. The number of morpholine rings is 1. The van der Waals surface area contributed by atoms with Gasteiger partial charge in [0.15, 0.2) is 0 Å². The molecule has 160 valence electrons. The van der Waals surface area contributed by atoms with E-state index in [9.17, 15) is 9.59 Å². The van der Waals surface area contributed by atoms with E-state index < -0.39 is 0 Å². The van der Waals surface area contributed by atoms with Gasteiger partial charge in [-0.15, -0.1) is 0 Å². The van der Waals surface area contributed by atoms with E-state index in [0.29, 0.717) is 6.54 Å². The number of nitrogens with zero attached hydrogens (tertiary/aromatic N) is 2. The predicted molar refractivity (Wildman–Crippen MR) is 110 cm³/mol. The predicted octanol–water partition coefficient (Wildman–Crippen LogP) is 2.42. The summed E-state index contributed by atoms with van der Waals surface area (Å²) in [5, 5.41) is 3.30. The van der Waals surface area contributed by atoms with E-state index in [2.05, 4.69) is 10.2 Å². The van der Waals surface area contributed by atoms with Crippen LogP contribution in [0.4, 0.5) is 0 Å². The van der Waals surface area contributed by atoms with Crippen molar-refractivity contribution >= 4 is 11.8 Å². The maximum absolute atomic E-state index is 13.0. The third-order valence-electron chi connectivity index (χ3n) is 6.78. The normalized spacial score (nSPS) is 26.7. The number of hydrogen-bond acceptors (Lipinski definition) is 4. The maximum Gasteiger partial charge on any atom is 0.227 e. The van der Waals surface area contributed by atoms with Crippen molar-refractivity contribution in [3.8, 4) is 0 Å². The van der Waals surface area contributed by atoms with E-state index >= 15 is 0 Å². The van der Waals surface area contributed by atoms with Crippen LogP contribution in [-0.4, -0.2) is 73.1 Å². The van der Waals surface area contributed by atoms with Crippen molar-refractivity contribution in [1.82, 2.24) is 15.1 Å². The molecule has 2 amide bonds. The summed E-state index contributed by atoms with van der Waals surface area (Å²) in [4.78, 5) is 30.1. The van der Waals surface area contributed by atoms with Gasteiger partial charge < -0.3 is 15.0 Å². The van der Waals surface area contributed by atoms with Crippen molar-refractivity contribution in [3.05, 3.63) is 0 Å². The van der Waals surface area contributed by atoms with Gasteiger partial charge in [-0.1, -0.05) is 40.0 Å². The molecule has 3 aliphatic rings. The Hall–Kier alpha value is -1.14. The molecule has 3 rings (SSSR count). The second kappa shape index (κ2) is 9.12. The molecule has 28 heavy (non-hydrogen) atoms. The van der Waals surface area contributed by atoms with Crippen molar-refractivity contribution in [1.29, 1.82) is 0 Å². The number of ether oxygens (including phenoxy) is 1. The molecule has 0 radical (unpaired) electrons. The molecule has 0 aromatic heterocycles. The lowest BCUT2D eigenvalue weighted by Gasteiger charge is -2.48. The first-order valence-electron chi connectivity index (χ1n) is 11.2. The van der Waals surface area contributed by atoms with E-state index in [1.807, 2.05) is 25.7 Å². The summed E-state index contributed by atoms with van der Waals surface area (Å²) in [6.07, 6.45) is 7.89. The number of carbonyl (C=O) groups is 2. The molecular weight excluding hydrogens is 354 g/mol. The molecule has 1 aliphatic carbocycles. The average molecular weight is 394 g/mol. The Bertz CT molecular complexity index is 546. The van der Waals surface area contributed by atoms with Crippen LogP contribution in [0.3, 0.4) is 0 Å². The molecule has 0 aromatic rings. The average Bonchev–Trinajstić information content (AvgIpc) is 2.72. The van der Waals surface area contributed by atoms with Crippen LogP contribution in [0.25, 0.3) is 0 Å². The smallest absolute Gasteiger partial charge is 0.227 e. The highest BCUT2D eigenvalue weighted by Gasteiger charge is 2.40. The van der Waals surface area contributed by atoms with Crippen molar-refractivity contribution in [3.63, 3.8) is 0 Å². The highest BCUT2D eigenvalue weighted by atomic mass is 16.5. The quantitative estimate of drug-likeness (QED) is 0.797. The molecule has 0 bridgehead atoms. The highest BCUT2D eigenvalue weighted by molar-refractivity contribution is 5.84. The number of amides is 2. The van der Waals surface area contributed by atoms with Crippen LogP contribution in [0.15, 0.2) is 0 Å². The van der Waals surface area contributed by atoms with Gasteiger partial charge in [0.25, 0.3) is 0 Å². The lowest BCUT2D eigenvalue weighted by Crippen LogP contribution is -2.60. The van der Waals surface area contributed by atoms with Gasteiger partial charge in [0.05, 0.1) is 19.1 Å². The number of piperidine rings is 1. The molecule has 1 atom stereocenters. The minimum Gasteiger partial charge on any atom is -0.379 e. The summed E-state index contributed by atoms with van der Waals surface area (Å²) in [6.45, 7) is 11.4. The SMILES string of the molecule is CC(C)(C)C(=O)N1CCCC(C(=O)NCC2(N3CCOCC3)CCCCC2)C1. The number of hydrogen-bond donors (Lipinski definition) is 1. The zero-order valence-electron chi connectivity index (χ0n) is 18.1. The minimum atomic E-state index is -0.388. The zero-order chi connectivity index (χ0) is 20.2. The molecule has 0 aromatic carbocycles. The maximum atomic E-state index is 13.0. The van der Waals surface area contributed by atoms with Gasteiger partial charge >= 0.3 is 0 Å². The molecule has 1 N–H and O–H groups in total. The summed E-state index contributed by atoms with van der Waals surface area (Å²) >= 11 is 0. The van der Waals surface area contributed by atoms with Crippen molar-refractivity contribution in [2.45, 2.75) is 71.3 Å². The van der Waals surface area contributed by atoms with Crippen molar-refractivity contribution in [2.75, 3.05) is 45.9 Å². The zero-order valence-corrected chi connectivity index (χ0v) is 18.1. The van der Waals surface area contributed by atoms with Gasteiger partial charge in [-0.3, -0.25) is 14.5 Å². The van der Waals surface area contributed by atoms with Crippen LogP contribution >= 0.6 is 0 Å². The van der Waals surface area contributed by atoms with Crippen LogP contribution in [0.2, 0.25) is 0 Å². The Morgan fingerprint density at radius 1 is 1.04 bits per heavy atom. The molecule has 2 saturated heterocycles. The third kappa shape index (κ3) is 5.07. The molecule has 6 heteroatoms. The van der Waals surface area contributed by atoms with Crippen LogP contribution in [-0.2, 0) is 14.3 Å². The number of rotatable bonds is 4. The van der Waals surface area contributed by atoms with Crippen molar-refractivity contribution in [2.24, 2.45) is 11.3 Å². The summed E-state index contributed by atoms with van der Waals surface area (Å²) < 4.78 is 5.55. The first kappa shape index (κ1) is 21.6. The fourth-order valence-electron chi connectivity index (χ4n) is 5.10. The molecular formula is C22H39N3O3. The Balaban J connectivity index is 1.59. The van der Waals surface area contributed by atoms with E-state index in [4.69, 9.17) is 4.74 Å². The molecule has 0 spiro atoms.